The van der Waals surface area contributed by atoms with Crippen LogP contribution in [0.4, 0.5) is 11.5 Å². The normalized spacial score (nSPS) is 15.2. The van der Waals surface area contributed by atoms with E-state index in [9.17, 15) is 4.79 Å². The molecule has 1 saturated carbocycles. The van der Waals surface area contributed by atoms with Gasteiger partial charge in [-0.3, -0.25) is 4.79 Å². The van der Waals surface area contributed by atoms with Crippen LogP contribution in [0.1, 0.15) is 49.0 Å². The number of rotatable bonds is 5. The molecule has 0 unspecified atom stereocenters. The molecule has 146 valence electrons. The topological polar surface area (TPSA) is 76.4 Å². The number of methoxy groups -OCH3 is 1. The van der Waals surface area contributed by atoms with Gasteiger partial charge in [0.1, 0.15) is 22.8 Å². The standard InChI is InChI=1S/C22H25N3O3/c1-27-17-10-8-16(9-11-17)23-21-18-12-13-28-20(18)14-19(25-21)22(26)24-15-6-4-2-3-5-7-15/h8-15H,2-7H2,1H3,(H,23,25)(H,24,26). The number of anilines is 2. The van der Waals surface area contributed by atoms with E-state index in [2.05, 4.69) is 15.6 Å². The minimum Gasteiger partial charge on any atom is -0.497 e. The number of fused-ring (bicyclic) bond motifs is 1. The predicted octanol–water partition coefficient (Wildman–Crippen LogP) is 5.03. The Morgan fingerprint density at radius 3 is 2.57 bits per heavy atom. The van der Waals surface area contributed by atoms with Crippen LogP contribution in [0.2, 0.25) is 0 Å². The summed E-state index contributed by atoms with van der Waals surface area (Å²) in [4.78, 5) is 17.4. The van der Waals surface area contributed by atoms with Crippen LogP contribution in [0, 0.1) is 0 Å². The molecule has 0 spiro atoms. The number of hydrogen-bond donors (Lipinski definition) is 2. The summed E-state index contributed by atoms with van der Waals surface area (Å²) >= 11 is 0. The predicted molar refractivity (Wildman–Crippen MR) is 109 cm³/mol. The lowest BCUT2D eigenvalue weighted by Crippen LogP contribution is -2.34. The van der Waals surface area contributed by atoms with E-state index in [-0.39, 0.29) is 11.9 Å². The zero-order valence-electron chi connectivity index (χ0n) is 16.0. The van der Waals surface area contributed by atoms with Crippen LogP contribution in [0.25, 0.3) is 11.0 Å². The first-order valence-electron chi connectivity index (χ1n) is 9.83. The highest BCUT2D eigenvalue weighted by Crippen LogP contribution is 2.28. The second-order valence-electron chi connectivity index (χ2n) is 7.20. The van der Waals surface area contributed by atoms with Crippen molar-refractivity contribution in [1.29, 1.82) is 0 Å². The number of furan rings is 1. The van der Waals surface area contributed by atoms with Gasteiger partial charge in [-0.05, 0) is 43.2 Å². The van der Waals surface area contributed by atoms with E-state index >= 15 is 0 Å². The lowest BCUT2D eigenvalue weighted by molar-refractivity contribution is 0.0928. The molecule has 0 atom stereocenters. The smallest absolute Gasteiger partial charge is 0.270 e. The van der Waals surface area contributed by atoms with Crippen LogP contribution >= 0.6 is 0 Å². The van der Waals surface area contributed by atoms with Crippen LogP contribution in [0.15, 0.2) is 47.1 Å². The van der Waals surface area contributed by atoms with Crippen molar-refractivity contribution >= 4 is 28.4 Å². The Kier molecular flexibility index (Phi) is 5.46. The van der Waals surface area contributed by atoms with Crippen molar-refractivity contribution in [3.8, 4) is 5.75 Å². The summed E-state index contributed by atoms with van der Waals surface area (Å²) in [6, 6.07) is 11.3. The van der Waals surface area contributed by atoms with Crippen molar-refractivity contribution in [2.24, 2.45) is 0 Å². The Balaban J connectivity index is 1.57. The van der Waals surface area contributed by atoms with Gasteiger partial charge in [-0.15, -0.1) is 0 Å². The van der Waals surface area contributed by atoms with E-state index in [4.69, 9.17) is 9.15 Å². The fourth-order valence-corrected chi connectivity index (χ4v) is 3.67. The quantitative estimate of drug-likeness (QED) is 0.608. The minimum absolute atomic E-state index is 0.150. The lowest BCUT2D eigenvalue weighted by atomic mass is 10.1. The van der Waals surface area contributed by atoms with E-state index < -0.39 is 0 Å². The average Bonchev–Trinajstić information content (AvgIpc) is 3.05. The van der Waals surface area contributed by atoms with Crippen molar-refractivity contribution in [3.63, 3.8) is 0 Å². The molecular formula is C22H25N3O3. The Morgan fingerprint density at radius 1 is 1.11 bits per heavy atom. The summed E-state index contributed by atoms with van der Waals surface area (Å²) in [5.41, 5.74) is 1.86. The third-order valence-electron chi connectivity index (χ3n) is 5.23. The third kappa shape index (κ3) is 4.11. The van der Waals surface area contributed by atoms with Gasteiger partial charge in [0.25, 0.3) is 5.91 Å². The monoisotopic (exact) mass is 379 g/mol. The molecule has 0 bridgehead atoms. The van der Waals surface area contributed by atoms with Crippen molar-refractivity contribution in [2.75, 3.05) is 12.4 Å². The maximum atomic E-state index is 12.8. The summed E-state index contributed by atoms with van der Waals surface area (Å²) in [5, 5.41) is 7.27. The third-order valence-corrected chi connectivity index (χ3v) is 5.23. The summed E-state index contributed by atoms with van der Waals surface area (Å²) in [5.74, 6) is 1.23. The second kappa shape index (κ2) is 8.33. The minimum atomic E-state index is -0.150. The summed E-state index contributed by atoms with van der Waals surface area (Å²) in [6.07, 6.45) is 8.51. The number of carbonyl (C=O) groups is 1. The number of benzene rings is 1. The first-order valence-corrected chi connectivity index (χ1v) is 9.83. The molecule has 3 aromatic rings. The van der Waals surface area contributed by atoms with E-state index in [1.54, 1.807) is 19.4 Å². The van der Waals surface area contributed by atoms with Crippen molar-refractivity contribution in [1.82, 2.24) is 10.3 Å². The number of amides is 1. The Bertz CT molecular complexity index is 941. The maximum Gasteiger partial charge on any atom is 0.270 e. The highest BCUT2D eigenvalue weighted by Gasteiger charge is 2.19. The number of nitrogens with zero attached hydrogens (tertiary/aromatic N) is 1. The molecule has 2 heterocycles. The van der Waals surface area contributed by atoms with Gasteiger partial charge in [0, 0.05) is 17.8 Å². The summed E-state index contributed by atoms with van der Waals surface area (Å²) < 4.78 is 10.8. The highest BCUT2D eigenvalue weighted by atomic mass is 16.5. The van der Waals surface area contributed by atoms with Crippen molar-refractivity contribution in [3.05, 3.63) is 48.4 Å². The number of nitrogens with one attached hydrogen (secondary N) is 2. The van der Waals surface area contributed by atoms with E-state index in [1.807, 2.05) is 30.3 Å². The Labute approximate surface area is 164 Å². The first-order chi connectivity index (χ1) is 13.7. The van der Waals surface area contributed by atoms with Gasteiger partial charge < -0.3 is 19.8 Å². The second-order valence-corrected chi connectivity index (χ2v) is 7.20. The summed E-state index contributed by atoms with van der Waals surface area (Å²) in [7, 11) is 1.63. The van der Waals surface area contributed by atoms with Gasteiger partial charge in [0.2, 0.25) is 0 Å². The lowest BCUT2D eigenvalue weighted by Gasteiger charge is -2.16. The van der Waals surface area contributed by atoms with E-state index in [0.29, 0.717) is 17.1 Å². The van der Waals surface area contributed by atoms with Crippen LogP contribution in [0.3, 0.4) is 0 Å². The molecule has 0 saturated heterocycles. The van der Waals surface area contributed by atoms with Gasteiger partial charge in [0.05, 0.1) is 18.8 Å². The van der Waals surface area contributed by atoms with Crippen molar-refractivity contribution in [2.45, 2.75) is 44.6 Å². The highest BCUT2D eigenvalue weighted by molar-refractivity contribution is 5.99. The maximum absolute atomic E-state index is 12.8. The molecule has 1 aliphatic carbocycles. The fourth-order valence-electron chi connectivity index (χ4n) is 3.67. The zero-order valence-corrected chi connectivity index (χ0v) is 16.0. The van der Waals surface area contributed by atoms with E-state index in [0.717, 1.165) is 29.7 Å². The van der Waals surface area contributed by atoms with Gasteiger partial charge in [-0.2, -0.15) is 0 Å². The van der Waals surface area contributed by atoms with Crippen LogP contribution in [0.5, 0.6) is 5.75 Å². The molecule has 1 fully saturated rings. The first kappa shape index (κ1) is 18.3. The number of carbonyl (C=O) groups excluding carboxylic acids is 1. The van der Waals surface area contributed by atoms with Crippen LogP contribution in [-0.2, 0) is 0 Å². The molecular weight excluding hydrogens is 354 g/mol. The van der Waals surface area contributed by atoms with Gasteiger partial charge in [0.15, 0.2) is 0 Å². The number of aromatic nitrogens is 1. The fraction of sp³-hybridized carbons (Fsp3) is 0.364. The van der Waals surface area contributed by atoms with Gasteiger partial charge >= 0.3 is 0 Å². The average molecular weight is 379 g/mol. The molecule has 0 aliphatic heterocycles. The number of hydrogen-bond acceptors (Lipinski definition) is 5. The molecule has 28 heavy (non-hydrogen) atoms. The molecule has 2 N–H and O–H groups in total. The van der Waals surface area contributed by atoms with Gasteiger partial charge in [-0.1, -0.05) is 25.7 Å². The molecule has 4 rings (SSSR count). The molecule has 6 nitrogen and oxygen atoms in total. The Hall–Kier alpha value is -3.02. The Morgan fingerprint density at radius 2 is 1.86 bits per heavy atom. The van der Waals surface area contributed by atoms with E-state index in [1.165, 1.54) is 25.7 Å². The molecule has 1 amide bonds. The molecule has 1 aromatic carbocycles. The van der Waals surface area contributed by atoms with Crippen LogP contribution < -0.4 is 15.4 Å². The number of ether oxygens (including phenoxy) is 1. The SMILES string of the molecule is COc1ccc(Nc2nc(C(=O)NC3CCCCCC3)cc3occc23)cc1. The molecule has 0 radical (unpaired) electrons. The largest absolute Gasteiger partial charge is 0.497 e. The zero-order chi connectivity index (χ0) is 19.3. The molecule has 2 aromatic heterocycles. The van der Waals surface area contributed by atoms with Crippen molar-refractivity contribution < 1.29 is 13.9 Å². The molecule has 1 aliphatic rings. The van der Waals surface area contributed by atoms with Crippen LogP contribution in [-0.4, -0.2) is 24.0 Å². The summed E-state index contributed by atoms with van der Waals surface area (Å²) in [6.45, 7) is 0. The number of pyridine rings is 1. The van der Waals surface area contributed by atoms with Gasteiger partial charge in [-0.25, -0.2) is 4.98 Å². The molecule has 6 heteroatoms.